The third-order valence-corrected chi connectivity index (χ3v) is 1.58. The summed E-state index contributed by atoms with van der Waals surface area (Å²) in [5.74, 6) is 1.30. The van der Waals surface area contributed by atoms with Gasteiger partial charge in [0.25, 0.3) is 0 Å². The number of aliphatic hydroxyl groups excluding tert-OH is 1. The molecule has 0 radical (unpaired) electrons. The molecule has 0 spiro atoms. The topological polar surface area (TPSA) is 37.3 Å². The smallest absolute Gasteiger partial charge is 0.167 e. The van der Waals surface area contributed by atoms with Crippen molar-refractivity contribution in [1.82, 2.24) is 0 Å². The lowest BCUT2D eigenvalue weighted by Gasteiger charge is -1.91. The van der Waals surface area contributed by atoms with Crippen LogP contribution >= 0.6 is 11.8 Å². The number of Topliss-reactive ketones (excluding diaryl/α,β-unsaturated/α-hetero) is 1. The Labute approximate surface area is 53.3 Å². The van der Waals surface area contributed by atoms with Crippen molar-refractivity contribution in [2.24, 2.45) is 0 Å². The van der Waals surface area contributed by atoms with Crippen LogP contribution in [0.3, 0.4) is 0 Å². The van der Waals surface area contributed by atoms with Crippen molar-refractivity contribution in [3.8, 4) is 0 Å². The van der Waals surface area contributed by atoms with E-state index >= 15 is 0 Å². The lowest BCUT2D eigenvalue weighted by Crippen LogP contribution is -2.06. The average Bonchev–Trinajstić information content (AvgIpc) is 1.83. The largest absolute Gasteiger partial charge is 0.389 e. The minimum atomic E-state index is -0.312. The molecule has 0 unspecified atom stereocenters. The molecule has 0 bridgehead atoms. The molecule has 8 heavy (non-hydrogen) atoms. The van der Waals surface area contributed by atoms with Gasteiger partial charge in [0.15, 0.2) is 5.78 Å². The fraction of sp³-hybridized carbons (Fsp3) is 0.800. The molecular weight excluding hydrogens is 124 g/mol. The predicted octanol–water partition coefficient (Wildman–Crippen LogP) is 0.301. The molecule has 3 heteroatoms. The molecule has 1 N–H and O–H groups in total. The van der Waals surface area contributed by atoms with Crippen molar-refractivity contribution in [1.29, 1.82) is 0 Å². The van der Waals surface area contributed by atoms with Gasteiger partial charge < -0.3 is 5.11 Å². The fourth-order valence-corrected chi connectivity index (χ4v) is 0.785. The second-order valence-electron chi connectivity index (χ2n) is 1.33. The molecule has 0 aromatic carbocycles. The Morgan fingerprint density at radius 1 is 1.75 bits per heavy atom. The number of carbonyl (C=O) groups is 1. The van der Waals surface area contributed by atoms with Crippen LogP contribution < -0.4 is 0 Å². The Morgan fingerprint density at radius 3 is 2.75 bits per heavy atom. The second-order valence-corrected chi connectivity index (χ2v) is 2.61. The first-order valence-corrected chi connectivity index (χ1v) is 3.67. The molecule has 0 saturated heterocycles. The summed E-state index contributed by atoms with van der Waals surface area (Å²) >= 11 is 1.53. The average molecular weight is 134 g/mol. The van der Waals surface area contributed by atoms with Gasteiger partial charge in [0.2, 0.25) is 0 Å². The summed E-state index contributed by atoms with van der Waals surface area (Å²) in [7, 11) is 0. The van der Waals surface area contributed by atoms with E-state index < -0.39 is 0 Å². The summed E-state index contributed by atoms with van der Waals surface area (Å²) in [5, 5.41) is 8.20. The third kappa shape index (κ3) is 4.15. The third-order valence-electron chi connectivity index (χ3n) is 0.644. The number of hydrogen-bond acceptors (Lipinski definition) is 3. The van der Waals surface area contributed by atoms with E-state index in [-0.39, 0.29) is 12.4 Å². The number of aliphatic hydroxyl groups is 1. The number of hydrogen-bond donors (Lipinski definition) is 1. The van der Waals surface area contributed by atoms with Gasteiger partial charge in [0.1, 0.15) is 6.61 Å². The number of thioether (sulfide) groups is 1. The Balaban J connectivity index is 2.99. The summed E-state index contributed by atoms with van der Waals surface area (Å²) in [6, 6.07) is 0. The molecule has 0 aliphatic heterocycles. The second kappa shape index (κ2) is 5.12. The van der Waals surface area contributed by atoms with Gasteiger partial charge in [0.05, 0.1) is 5.75 Å². The SMILES string of the molecule is CCSCC(=O)CO. The van der Waals surface area contributed by atoms with E-state index in [1.165, 1.54) is 11.8 Å². The first-order chi connectivity index (χ1) is 3.81. The standard InChI is InChI=1S/C5H10O2S/c1-2-8-4-5(7)3-6/h6H,2-4H2,1H3. The Kier molecular flexibility index (Phi) is 5.11. The van der Waals surface area contributed by atoms with Crippen molar-refractivity contribution >= 4 is 17.5 Å². The maximum absolute atomic E-state index is 10.3. The number of carbonyl (C=O) groups excluding carboxylic acids is 1. The first-order valence-electron chi connectivity index (χ1n) is 2.51. The van der Waals surface area contributed by atoms with Crippen LogP contribution in [0.5, 0.6) is 0 Å². The molecule has 0 aliphatic carbocycles. The van der Waals surface area contributed by atoms with E-state index in [0.717, 1.165) is 5.75 Å². The zero-order valence-electron chi connectivity index (χ0n) is 4.89. The van der Waals surface area contributed by atoms with Crippen molar-refractivity contribution in [2.75, 3.05) is 18.1 Å². The monoisotopic (exact) mass is 134 g/mol. The molecule has 48 valence electrons. The maximum atomic E-state index is 10.3. The van der Waals surface area contributed by atoms with Crippen LogP contribution in [-0.4, -0.2) is 29.0 Å². The highest BCUT2D eigenvalue weighted by molar-refractivity contribution is 7.99. The van der Waals surface area contributed by atoms with Crippen molar-refractivity contribution in [3.63, 3.8) is 0 Å². The summed E-state index contributed by atoms with van der Waals surface area (Å²) in [4.78, 5) is 10.3. The molecule has 0 fully saturated rings. The van der Waals surface area contributed by atoms with Crippen molar-refractivity contribution < 1.29 is 9.90 Å². The zero-order chi connectivity index (χ0) is 6.41. The summed E-state index contributed by atoms with van der Waals surface area (Å²) in [6.07, 6.45) is 0. The van der Waals surface area contributed by atoms with Gasteiger partial charge in [-0.1, -0.05) is 6.92 Å². The molecule has 0 saturated carbocycles. The van der Waals surface area contributed by atoms with Crippen LogP contribution in [0.4, 0.5) is 0 Å². The molecule has 0 atom stereocenters. The van der Waals surface area contributed by atoms with Gasteiger partial charge in [-0.3, -0.25) is 4.79 Å². The molecule has 0 aromatic rings. The van der Waals surface area contributed by atoms with E-state index in [0.29, 0.717) is 5.75 Å². The quantitative estimate of drug-likeness (QED) is 0.601. The lowest BCUT2D eigenvalue weighted by molar-refractivity contribution is -0.119. The van der Waals surface area contributed by atoms with E-state index in [4.69, 9.17) is 5.11 Å². The minimum absolute atomic E-state index is 0.0862. The van der Waals surface area contributed by atoms with Crippen molar-refractivity contribution in [3.05, 3.63) is 0 Å². The van der Waals surface area contributed by atoms with E-state index in [1.54, 1.807) is 0 Å². The normalized spacial score (nSPS) is 9.25. The van der Waals surface area contributed by atoms with Crippen LogP contribution in [0.15, 0.2) is 0 Å². The maximum Gasteiger partial charge on any atom is 0.167 e. The van der Waals surface area contributed by atoms with Gasteiger partial charge in [-0.05, 0) is 5.75 Å². The predicted molar refractivity (Wildman–Crippen MR) is 35.1 cm³/mol. The molecule has 0 aromatic heterocycles. The van der Waals surface area contributed by atoms with Crippen LogP contribution in [0, 0.1) is 0 Å². The number of rotatable bonds is 4. The summed E-state index contributed by atoms with van der Waals surface area (Å²) < 4.78 is 0. The van der Waals surface area contributed by atoms with E-state index in [9.17, 15) is 4.79 Å². The highest BCUT2D eigenvalue weighted by Gasteiger charge is 1.95. The fourth-order valence-electron chi connectivity index (χ4n) is 0.262. The van der Waals surface area contributed by atoms with Crippen LogP contribution in [0.1, 0.15) is 6.92 Å². The van der Waals surface area contributed by atoms with Gasteiger partial charge in [0, 0.05) is 0 Å². The van der Waals surface area contributed by atoms with Gasteiger partial charge in [-0.15, -0.1) is 0 Å². The molecule has 0 amide bonds. The Bertz CT molecular complexity index is 72.8. The van der Waals surface area contributed by atoms with Crippen LogP contribution in [0.2, 0.25) is 0 Å². The highest BCUT2D eigenvalue weighted by Crippen LogP contribution is 1.96. The summed E-state index contributed by atoms with van der Waals surface area (Å²) in [6.45, 7) is 1.67. The van der Waals surface area contributed by atoms with E-state index in [1.807, 2.05) is 6.92 Å². The minimum Gasteiger partial charge on any atom is -0.389 e. The summed E-state index contributed by atoms with van der Waals surface area (Å²) in [5.41, 5.74) is 0. The van der Waals surface area contributed by atoms with Crippen molar-refractivity contribution in [2.45, 2.75) is 6.92 Å². The van der Waals surface area contributed by atoms with Gasteiger partial charge in [-0.2, -0.15) is 11.8 Å². The first kappa shape index (κ1) is 7.98. The molecule has 2 nitrogen and oxygen atoms in total. The zero-order valence-corrected chi connectivity index (χ0v) is 5.70. The molecule has 0 rings (SSSR count). The Hall–Kier alpha value is -0.0200. The van der Waals surface area contributed by atoms with E-state index in [2.05, 4.69) is 0 Å². The molecule has 0 aliphatic rings. The number of ketones is 1. The van der Waals surface area contributed by atoms with Gasteiger partial charge in [-0.25, -0.2) is 0 Å². The molecular formula is C5H10O2S. The Morgan fingerprint density at radius 2 is 2.38 bits per heavy atom. The molecule has 0 heterocycles. The lowest BCUT2D eigenvalue weighted by atomic mass is 10.5. The van der Waals surface area contributed by atoms with Crippen LogP contribution in [0.25, 0.3) is 0 Å². The highest BCUT2D eigenvalue weighted by atomic mass is 32.2. The van der Waals surface area contributed by atoms with Gasteiger partial charge >= 0.3 is 0 Å². The van der Waals surface area contributed by atoms with Crippen LogP contribution in [-0.2, 0) is 4.79 Å².